The minimum absolute atomic E-state index is 0.120. The number of hydrogen-bond acceptors (Lipinski definition) is 5. The van der Waals surface area contributed by atoms with E-state index in [2.05, 4.69) is 31.4 Å². The van der Waals surface area contributed by atoms with Gasteiger partial charge in [-0.25, -0.2) is 4.79 Å². The number of urea groups is 1. The van der Waals surface area contributed by atoms with Gasteiger partial charge in [-0.3, -0.25) is 9.69 Å². The van der Waals surface area contributed by atoms with E-state index in [-0.39, 0.29) is 12.4 Å². The van der Waals surface area contributed by atoms with Gasteiger partial charge in [0.05, 0.1) is 5.56 Å². The van der Waals surface area contributed by atoms with E-state index in [1.165, 1.54) is 0 Å². The number of halogens is 2. The Morgan fingerprint density at radius 3 is 2.57 bits per heavy atom. The lowest BCUT2D eigenvalue weighted by atomic mass is 9.92. The van der Waals surface area contributed by atoms with E-state index in [1.54, 1.807) is 31.2 Å². The van der Waals surface area contributed by atoms with E-state index in [0.29, 0.717) is 16.5 Å². The molecule has 1 saturated heterocycles. The normalized spacial score (nSPS) is 19.2. The summed E-state index contributed by atoms with van der Waals surface area (Å²) < 4.78 is 6.46. The molecule has 7 nitrogen and oxygen atoms in total. The van der Waals surface area contributed by atoms with Gasteiger partial charge in [0.2, 0.25) is 11.8 Å². The number of carbonyl (C=O) groups excluding carboxylic acids is 2. The maximum absolute atomic E-state index is 13.0. The summed E-state index contributed by atoms with van der Waals surface area (Å²) in [5.74, 6) is 0.0602. The van der Waals surface area contributed by atoms with Crippen LogP contribution in [0.1, 0.15) is 18.4 Å². The monoisotopic (exact) mass is 460 g/mol. The molecule has 1 aromatic heterocycles. The molecule has 0 spiro atoms. The molecular weight excluding hydrogens is 448 g/mol. The highest BCUT2D eigenvalue weighted by molar-refractivity contribution is 9.10. The number of hydrogen-bond donors (Lipinski definition) is 1. The molecule has 142 valence electrons. The van der Waals surface area contributed by atoms with Crippen LogP contribution in [0, 0.1) is 0 Å². The van der Waals surface area contributed by atoms with Gasteiger partial charge < -0.3 is 9.73 Å². The molecule has 0 saturated carbocycles. The van der Waals surface area contributed by atoms with E-state index < -0.39 is 17.5 Å². The van der Waals surface area contributed by atoms with Gasteiger partial charge in [0.25, 0.3) is 5.91 Å². The van der Waals surface area contributed by atoms with Gasteiger partial charge in [-0.2, -0.15) is 0 Å². The Bertz CT molecular complexity index is 1070. The zero-order valence-corrected chi connectivity index (χ0v) is 17.0. The van der Waals surface area contributed by atoms with E-state index in [9.17, 15) is 9.59 Å². The Labute approximate surface area is 173 Å². The number of carbonyl (C=O) groups is 2. The zero-order valence-electron chi connectivity index (χ0n) is 14.6. The highest BCUT2D eigenvalue weighted by Gasteiger charge is 2.49. The fraction of sp³-hybridized carbons (Fsp3) is 0.158. The zero-order chi connectivity index (χ0) is 19.9. The first kappa shape index (κ1) is 18.6. The fourth-order valence-corrected chi connectivity index (χ4v) is 3.60. The third-order valence-electron chi connectivity index (χ3n) is 4.56. The van der Waals surface area contributed by atoms with Crippen molar-refractivity contribution < 1.29 is 14.0 Å². The molecule has 2 heterocycles. The Morgan fingerprint density at radius 2 is 1.86 bits per heavy atom. The quantitative estimate of drug-likeness (QED) is 0.591. The van der Waals surface area contributed by atoms with Crippen molar-refractivity contribution in [2.45, 2.75) is 19.0 Å². The van der Waals surface area contributed by atoms with Crippen LogP contribution >= 0.6 is 27.5 Å². The summed E-state index contributed by atoms with van der Waals surface area (Å²) in [4.78, 5) is 26.5. The van der Waals surface area contributed by atoms with Gasteiger partial charge in [0, 0.05) is 9.50 Å². The molecule has 9 heteroatoms. The highest BCUT2D eigenvalue weighted by atomic mass is 79.9. The summed E-state index contributed by atoms with van der Waals surface area (Å²) in [6, 6.07) is 13.6. The predicted molar refractivity (Wildman–Crippen MR) is 105 cm³/mol. The molecule has 3 amide bonds. The summed E-state index contributed by atoms with van der Waals surface area (Å²) in [5, 5.41) is 11.3. The number of nitrogens with one attached hydrogen (secondary N) is 1. The topological polar surface area (TPSA) is 88.3 Å². The first-order valence-corrected chi connectivity index (χ1v) is 9.53. The van der Waals surface area contributed by atoms with Crippen molar-refractivity contribution in [3.63, 3.8) is 0 Å². The van der Waals surface area contributed by atoms with Crippen LogP contribution < -0.4 is 5.32 Å². The van der Waals surface area contributed by atoms with Crippen LogP contribution in [-0.4, -0.2) is 27.0 Å². The van der Waals surface area contributed by atoms with Gasteiger partial charge in [0.1, 0.15) is 12.1 Å². The third kappa shape index (κ3) is 3.18. The summed E-state index contributed by atoms with van der Waals surface area (Å²) in [5.41, 5.74) is 0.175. The van der Waals surface area contributed by atoms with Gasteiger partial charge >= 0.3 is 6.03 Å². The minimum atomic E-state index is -1.19. The van der Waals surface area contributed by atoms with Crippen molar-refractivity contribution in [2.24, 2.45) is 0 Å². The Kier molecular flexibility index (Phi) is 4.68. The van der Waals surface area contributed by atoms with Crippen molar-refractivity contribution in [1.29, 1.82) is 0 Å². The molecule has 0 radical (unpaired) electrons. The molecule has 28 heavy (non-hydrogen) atoms. The number of rotatable bonds is 4. The Hall–Kier alpha value is -2.71. The SMILES string of the molecule is C[C@@]1(c2ccc(Cl)cc2)NC(=O)N(Cc2nnc(-c3ccccc3Br)o2)C1=O. The van der Waals surface area contributed by atoms with Crippen LogP contribution in [0.25, 0.3) is 11.5 Å². The second-order valence-electron chi connectivity index (χ2n) is 6.43. The van der Waals surface area contributed by atoms with Crippen molar-refractivity contribution >= 4 is 39.5 Å². The van der Waals surface area contributed by atoms with Crippen molar-refractivity contribution in [2.75, 3.05) is 0 Å². The second-order valence-corrected chi connectivity index (χ2v) is 7.72. The first-order valence-electron chi connectivity index (χ1n) is 8.36. The van der Waals surface area contributed by atoms with Crippen molar-refractivity contribution in [1.82, 2.24) is 20.4 Å². The molecule has 1 atom stereocenters. The van der Waals surface area contributed by atoms with E-state index in [0.717, 1.165) is 14.9 Å². The maximum atomic E-state index is 13.0. The molecular formula is C19H14BrClN4O3. The van der Waals surface area contributed by atoms with Crippen LogP contribution in [0.4, 0.5) is 4.79 Å². The molecule has 1 aliphatic heterocycles. The average molecular weight is 462 g/mol. The van der Waals surface area contributed by atoms with Crippen LogP contribution in [-0.2, 0) is 16.9 Å². The molecule has 3 aromatic rings. The first-order chi connectivity index (χ1) is 13.4. The number of nitrogens with zero attached hydrogens (tertiary/aromatic N) is 3. The number of aromatic nitrogens is 2. The third-order valence-corrected chi connectivity index (χ3v) is 5.50. The highest BCUT2D eigenvalue weighted by Crippen LogP contribution is 2.31. The molecule has 0 aliphatic carbocycles. The summed E-state index contributed by atoms with van der Waals surface area (Å²) in [6.07, 6.45) is 0. The lowest BCUT2D eigenvalue weighted by Gasteiger charge is -2.22. The fourth-order valence-electron chi connectivity index (χ4n) is 3.02. The minimum Gasteiger partial charge on any atom is -0.419 e. The van der Waals surface area contributed by atoms with Crippen LogP contribution in [0.2, 0.25) is 5.02 Å². The Morgan fingerprint density at radius 1 is 1.14 bits per heavy atom. The maximum Gasteiger partial charge on any atom is 0.325 e. The van der Waals surface area contributed by atoms with Crippen LogP contribution in [0.5, 0.6) is 0 Å². The van der Waals surface area contributed by atoms with Crippen LogP contribution in [0.3, 0.4) is 0 Å². The van der Waals surface area contributed by atoms with Gasteiger partial charge in [-0.1, -0.05) is 35.9 Å². The van der Waals surface area contributed by atoms with Crippen molar-refractivity contribution in [3.05, 3.63) is 69.5 Å². The van der Waals surface area contributed by atoms with E-state index >= 15 is 0 Å². The van der Waals surface area contributed by atoms with Gasteiger partial charge in [-0.15, -0.1) is 10.2 Å². The molecule has 4 rings (SSSR count). The van der Waals surface area contributed by atoms with Crippen molar-refractivity contribution in [3.8, 4) is 11.5 Å². The van der Waals surface area contributed by atoms with Gasteiger partial charge in [0.15, 0.2) is 0 Å². The number of amides is 3. The number of benzene rings is 2. The summed E-state index contributed by atoms with van der Waals surface area (Å²) in [6.45, 7) is 1.53. The smallest absolute Gasteiger partial charge is 0.325 e. The average Bonchev–Trinajstić information content (AvgIpc) is 3.22. The number of imide groups is 1. The summed E-state index contributed by atoms with van der Waals surface area (Å²) >= 11 is 9.34. The molecule has 0 bridgehead atoms. The molecule has 2 aromatic carbocycles. The largest absolute Gasteiger partial charge is 0.419 e. The Balaban J connectivity index is 1.58. The predicted octanol–water partition coefficient (Wildman–Crippen LogP) is 4.12. The lowest BCUT2D eigenvalue weighted by molar-refractivity contribution is -0.131. The molecule has 1 aliphatic rings. The summed E-state index contributed by atoms with van der Waals surface area (Å²) in [7, 11) is 0. The molecule has 1 fully saturated rings. The van der Waals surface area contributed by atoms with Crippen LogP contribution in [0.15, 0.2) is 57.4 Å². The standard InChI is InChI=1S/C19H14BrClN4O3/c1-19(11-6-8-12(21)9-7-11)17(26)25(18(27)22-19)10-15-23-24-16(28-15)13-4-2-3-5-14(13)20/h2-9H,10H2,1H3,(H,22,27)/t19-/m0/s1. The lowest BCUT2D eigenvalue weighted by Crippen LogP contribution is -2.40. The van der Waals surface area contributed by atoms with Gasteiger partial charge in [-0.05, 0) is 52.7 Å². The second kappa shape index (κ2) is 7.03. The molecule has 1 N–H and O–H groups in total. The molecule has 0 unspecified atom stereocenters. The van der Waals surface area contributed by atoms with E-state index in [4.69, 9.17) is 16.0 Å². The van der Waals surface area contributed by atoms with E-state index in [1.807, 2.05) is 24.3 Å².